The minimum absolute atomic E-state index is 0.0585. The molecular formula is C28H26N2O7S. The average molecular weight is 535 g/mol. The number of ether oxygens (including phenoxy) is 2. The zero-order valence-electron chi connectivity index (χ0n) is 21.1. The normalized spacial score (nSPS) is 11.2. The molecule has 196 valence electrons. The van der Waals surface area contributed by atoms with Crippen molar-refractivity contribution in [2.75, 3.05) is 14.2 Å². The van der Waals surface area contributed by atoms with E-state index in [1.165, 1.54) is 37.1 Å². The van der Waals surface area contributed by atoms with Crippen LogP contribution in [0, 0.1) is 6.92 Å². The second-order valence-corrected chi connectivity index (χ2v) is 10.1. The van der Waals surface area contributed by atoms with Crippen LogP contribution in [0.1, 0.15) is 27.0 Å². The fourth-order valence-electron chi connectivity index (χ4n) is 3.77. The molecule has 0 fully saturated rings. The van der Waals surface area contributed by atoms with Crippen LogP contribution in [0.3, 0.4) is 0 Å². The van der Waals surface area contributed by atoms with E-state index < -0.39 is 16.1 Å². The second-order valence-electron chi connectivity index (χ2n) is 8.46. The maximum Gasteiger partial charge on any atom is 0.337 e. The van der Waals surface area contributed by atoms with Crippen LogP contribution in [0.25, 0.3) is 11.3 Å². The molecule has 0 amide bonds. The van der Waals surface area contributed by atoms with Crippen molar-refractivity contribution in [3.8, 4) is 17.0 Å². The van der Waals surface area contributed by atoms with Crippen molar-refractivity contribution in [1.82, 2.24) is 9.78 Å². The second kappa shape index (κ2) is 11.4. The van der Waals surface area contributed by atoms with Gasteiger partial charge in [-0.25, -0.2) is 9.48 Å². The van der Waals surface area contributed by atoms with Crippen LogP contribution in [0.15, 0.2) is 88.6 Å². The van der Waals surface area contributed by atoms with Crippen LogP contribution in [0.2, 0.25) is 0 Å². The Hall–Kier alpha value is -4.28. The van der Waals surface area contributed by atoms with E-state index in [-0.39, 0.29) is 23.6 Å². The maximum absolute atomic E-state index is 12.7. The molecule has 0 saturated carbocycles. The van der Waals surface area contributed by atoms with E-state index in [1.807, 2.05) is 6.92 Å². The summed E-state index contributed by atoms with van der Waals surface area (Å²) in [6, 6.07) is 21.3. The Kier molecular flexibility index (Phi) is 8.04. The van der Waals surface area contributed by atoms with Crippen molar-refractivity contribution in [3.05, 3.63) is 111 Å². The number of esters is 1. The first-order valence-corrected chi connectivity index (χ1v) is 13.0. The Morgan fingerprint density at radius 3 is 2.42 bits per heavy atom. The van der Waals surface area contributed by atoms with Gasteiger partial charge in [-0.05, 0) is 61.0 Å². The summed E-state index contributed by atoms with van der Waals surface area (Å²) in [5, 5.41) is 4.48. The van der Waals surface area contributed by atoms with Crippen molar-refractivity contribution in [3.63, 3.8) is 0 Å². The minimum atomic E-state index is -3.99. The van der Waals surface area contributed by atoms with Crippen LogP contribution >= 0.6 is 0 Å². The Morgan fingerprint density at radius 1 is 0.947 bits per heavy atom. The van der Waals surface area contributed by atoms with E-state index in [2.05, 4.69) is 5.10 Å². The number of rotatable bonds is 9. The fraction of sp³-hybridized carbons (Fsp3) is 0.179. The summed E-state index contributed by atoms with van der Waals surface area (Å²) < 4.78 is 42.1. The fourth-order valence-corrected chi connectivity index (χ4v) is 4.66. The van der Waals surface area contributed by atoms with Gasteiger partial charge in [0.15, 0.2) is 0 Å². The molecule has 0 spiro atoms. The highest BCUT2D eigenvalue weighted by Crippen LogP contribution is 2.27. The molecule has 0 aliphatic carbocycles. The number of nitrogens with zero attached hydrogens (tertiary/aromatic N) is 2. The van der Waals surface area contributed by atoms with E-state index >= 15 is 0 Å². The zero-order valence-corrected chi connectivity index (χ0v) is 21.9. The Morgan fingerprint density at radius 2 is 1.71 bits per heavy atom. The van der Waals surface area contributed by atoms with Gasteiger partial charge < -0.3 is 9.47 Å². The van der Waals surface area contributed by atoms with Crippen molar-refractivity contribution in [1.29, 1.82) is 0 Å². The minimum Gasteiger partial charge on any atom is -0.496 e. The first kappa shape index (κ1) is 26.8. The van der Waals surface area contributed by atoms with Crippen LogP contribution in [-0.4, -0.2) is 38.4 Å². The predicted molar refractivity (Wildman–Crippen MR) is 141 cm³/mol. The van der Waals surface area contributed by atoms with Crippen LogP contribution in [-0.2, 0) is 32.2 Å². The summed E-state index contributed by atoms with van der Waals surface area (Å²) in [6.07, 6.45) is 0. The smallest absolute Gasteiger partial charge is 0.337 e. The van der Waals surface area contributed by atoms with E-state index in [0.29, 0.717) is 33.7 Å². The zero-order chi connectivity index (χ0) is 27.3. The van der Waals surface area contributed by atoms with Crippen molar-refractivity contribution in [2.45, 2.75) is 25.0 Å². The number of carbonyl (C=O) groups excluding carboxylic acids is 1. The summed E-state index contributed by atoms with van der Waals surface area (Å²) >= 11 is 0. The molecule has 3 aromatic carbocycles. The van der Waals surface area contributed by atoms with Crippen LogP contribution < -0.4 is 10.3 Å². The highest BCUT2D eigenvalue weighted by Gasteiger charge is 2.17. The van der Waals surface area contributed by atoms with Gasteiger partial charge in [0.05, 0.1) is 43.5 Å². The van der Waals surface area contributed by atoms with E-state index in [9.17, 15) is 18.0 Å². The van der Waals surface area contributed by atoms with Gasteiger partial charge in [-0.2, -0.15) is 13.5 Å². The summed E-state index contributed by atoms with van der Waals surface area (Å²) in [7, 11) is -1.20. The molecule has 9 nitrogen and oxygen atoms in total. The number of carbonyl (C=O) groups is 1. The van der Waals surface area contributed by atoms with Gasteiger partial charge in [0.2, 0.25) is 0 Å². The quantitative estimate of drug-likeness (QED) is 0.234. The molecule has 4 rings (SSSR count). The third-order valence-corrected chi connectivity index (χ3v) is 7.08. The standard InChI is InChI=1S/C28H26N2O7S/c1-19-7-10-24(11-8-19)38(33,34)37-18-23-16-21(9-13-26(23)35-2)25-12-14-27(31)30(29-25)17-20-5-4-6-22(15-20)28(32)36-3/h4-16H,17-18H2,1-3H3. The monoisotopic (exact) mass is 534 g/mol. The van der Waals surface area contributed by atoms with Gasteiger partial charge in [0, 0.05) is 17.2 Å². The highest BCUT2D eigenvalue weighted by molar-refractivity contribution is 7.86. The van der Waals surface area contributed by atoms with Gasteiger partial charge in [-0.1, -0.05) is 29.8 Å². The summed E-state index contributed by atoms with van der Waals surface area (Å²) in [4.78, 5) is 24.4. The molecule has 0 bridgehead atoms. The van der Waals surface area contributed by atoms with Gasteiger partial charge in [-0.15, -0.1) is 0 Å². The van der Waals surface area contributed by atoms with E-state index in [1.54, 1.807) is 60.7 Å². The van der Waals surface area contributed by atoms with Crippen molar-refractivity contribution < 1.29 is 26.9 Å². The topological polar surface area (TPSA) is 114 Å². The summed E-state index contributed by atoms with van der Waals surface area (Å²) in [5.74, 6) is -0.0286. The molecule has 0 N–H and O–H groups in total. The molecule has 0 atom stereocenters. The van der Waals surface area contributed by atoms with Gasteiger partial charge in [0.25, 0.3) is 15.7 Å². The lowest BCUT2D eigenvalue weighted by molar-refractivity contribution is 0.0600. The molecule has 0 aliphatic rings. The predicted octanol–water partition coefficient (Wildman–Crippen LogP) is 3.97. The van der Waals surface area contributed by atoms with Crippen molar-refractivity contribution in [2.24, 2.45) is 0 Å². The Labute approximate surface area is 220 Å². The molecule has 0 aliphatic heterocycles. The lowest BCUT2D eigenvalue weighted by atomic mass is 10.1. The van der Waals surface area contributed by atoms with Gasteiger partial charge in [-0.3, -0.25) is 8.98 Å². The van der Waals surface area contributed by atoms with Crippen molar-refractivity contribution >= 4 is 16.1 Å². The third-order valence-electron chi connectivity index (χ3n) is 5.80. The lowest BCUT2D eigenvalue weighted by Gasteiger charge is -2.13. The SMILES string of the molecule is COC(=O)c1cccc(Cn2nc(-c3ccc(OC)c(COS(=O)(=O)c4ccc(C)cc4)c3)ccc2=O)c1. The third kappa shape index (κ3) is 6.16. The number of methoxy groups -OCH3 is 2. The number of hydrogen-bond donors (Lipinski definition) is 0. The van der Waals surface area contributed by atoms with Crippen LogP contribution in [0.4, 0.5) is 0 Å². The lowest BCUT2D eigenvalue weighted by Crippen LogP contribution is -2.23. The molecule has 0 unspecified atom stereocenters. The number of benzene rings is 3. The average Bonchev–Trinajstić information content (AvgIpc) is 2.93. The Balaban J connectivity index is 1.60. The van der Waals surface area contributed by atoms with Gasteiger partial charge in [0.1, 0.15) is 5.75 Å². The molecule has 1 heterocycles. The summed E-state index contributed by atoms with van der Waals surface area (Å²) in [5.41, 5.74) is 3.29. The van der Waals surface area contributed by atoms with E-state index in [0.717, 1.165) is 5.56 Å². The highest BCUT2D eigenvalue weighted by atomic mass is 32.2. The first-order chi connectivity index (χ1) is 18.2. The first-order valence-electron chi connectivity index (χ1n) is 11.6. The molecule has 0 saturated heterocycles. The van der Waals surface area contributed by atoms with Crippen LogP contribution in [0.5, 0.6) is 5.75 Å². The summed E-state index contributed by atoms with van der Waals surface area (Å²) in [6.45, 7) is 1.75. The number of hydrogen-bond acceptors (Lipinski definition) is 8. The maximum atomic E-state index is 12.7. The molecule has 0 radical (unpaired) electrons. The van der Waals surface area contributed by atoms with Gasteiger partial charge >= 0.3 is 5.97 Å². The molecular weight excluding hydrogens is 508 g/mol. The largest absolute Gasteiger partial charge is 0.496 e. The molecule has 10 heteroatoms. The Bertz CT molecular complexity index is 1630. The molecule has 38 heavy (non-hydrogen) atoms. The molecule has 4 aromatic rings. The number of aryl methyl sites for hydroxylation is 1. The number of aromatic nitrogens is 2. The molecule has 1 aromatic heterocycles. The van der Waals surface area contributed by atoms with E-state index in [4.69, 9.17) is 13.7 Å².